The third kappa shape index (κ3) is 2.01. The molecule has 19 heavy (non-hydrogen) atoms. The molecule has 0 aliphatic carbocycles. The van der Waals surface area contributed by atoms with E-state index in [1.54, 1.807) is 18.2 Å². The van der Waals surface area contributed by atoms with Crippen molar-refractivity contribution in [3.05, 3.63) is 33.8 Å². The van der Waals surface area contributed by atoms with Crippen molar-refractivity contribution in [2.24, 2.45) is 5.73 Å². The number of halogens is 1. The number of fused-ring (bicyclic) bond motifs is 1. The number of rotatable bonds is 4. The lowest BCUT2D eigenvalue weighted by molar-refractivity contribution is 0.0414. The molecular formula is C14H17BrN2O2. The van der Waals surface area contributed by atoms with Crippen LogP contribution in [0.2, 0.25) is 0 Å². The van der Waals surface area contributed by atoms with Gasteiger partial charge in [0.15, 0.2) is 0 Å². The molecule has 4 nitrogen and oxygen atoms in total. The van der Waals surface area contributed by atoms with E-state index < -0.39 is 5.54 Å². The summed E-state index contributed by atoms with van der Waals surface area (Å²) in [5, 5.41) is 0. The average Bonchev–Trinajstić information content (AvgIpc) is 2.66. The van der Waals surface area contributed by atoms with Gasteiger partial charge in [0.1, 0.15) is 0 Å². The minimum atomic E-state index is -0.584. The van der Waals surface area contributed by atoms with Gasteiger partial charge in [0.2, 0.25) is 0 Å². The van der Waals surface area contributed by atoms with E-state index in [9.17, 15) is 9.59 Å². The first-order valence-electron chi connectivity index (χ1n) is 6.39. The SMILES string of the molecule is CCC(CC)(CN)N1C(=O)c2ccc(Br)cc2C1=O. The minimum Gasteiger partial charge on any atom is -0.328 e. The van der Waals surface area contributed by atoms with Crippen LogP contribution >= 0.6 is 15.9 Å². The maximum absolute atomic E-state index is 12.5. The quantitative estimate of drug-likeness (QED) is 0.866. The summed E-state index contributed by atoms with van der Waals surface area (Å²) in [5.41, 5.74) is 6.18. The van der Waals surface area contributed by atoms with Crippen LogP contribution in [0.4, 0.5) is 0 Å². The lowest BCUT2D eigenvalue weighted by Gasteiger charge is -2.38. The highest BCUT2D eigenvalue weighted by Gasteiger charge is 2.46. The van der Waals surface area contributed by atoms with E-state index >= 15 is 0 Å². The van der Waals surface area contributed by atoms with Gasteiger partial charge in [-0.25, -0.2) is 0 Å². The number of imide groups is 1. The molecule has 2 rings (SSSR count). The molecule has 5 heteroatoms. The fourth-order valence-electron chi connectivity index (χ4n) is 2.59. The predicted octanol–water partition coefficient (Wildman–Crippen LogP) is 2.56. The minimum absolute atomic E-state index is 0.235. The maximum Gasteiger partial charge on any atom is 0.262 e. The summed E-state index contributed by atoms with van der Waals surface area (Å²) < 4.78 is 0.792. The van der Waals surface area contributed by atoms with Crippen LogP contribution in [0.5, 0.6) is 0 Å². The molecule has 1 aromatic rings. The van der Waals surface area contributed by atoms with Gasteiger partial charge in [0, 0.05) is 11.0 Å². The van der Waals surface area contributed by atoms with Crippen molar-refractivity contribution in [1.82, 2.24) is 4.90 Å². The summed E-state index contributed by atoms with van der Waals surface area (Å²) >= 11 is 3.33. The molecule has 0 unspecified atom stereocenters. The van der Waals surface area contributed by atoms with Crippen molar-refractivity contribution in [2.75, 3.05) is 6.54 Å². The normalized spacial score (nSPS) is 15.1. The summed E-state index contributed by atoms with van der Waals surface area (Å²) in [5.74, 6) is -0.475. The van der Waals surface area contributed by atoms with Crippen LogP contribution in [0.3, 0.4) is 0 Å². The van der Waals surface area contributed by atoms with Crippen molar-refractivity contribution in [1.29, 1.82) is 0 Å². The highest BCUT2D eigenvalue weighted by atomic mass is 79.9. The zero-order valence-electron chi connectivity index (χ0n) is 11.1. The summed E-state index contributed by atoms with van der Waals surface area (Å²) in [6.45, 7) is 4.19. The van der Waals surface area contributed by atoms with E-state index in [-0.39, 0.29) is 18.4 Å². The number of amides is 2. The maximum atomic E-state index is 12.5. The second-order valence-corrected chi connectivity index (χ2v) is 5.69. The van der Waals surface area contributed by atoms with Crippen LogP contribution in [0.15, 0.2) is 22.7 Å². The van der Waals surface area contributed by atoms with Gasteiger partial charge < -0.3 is 5.73 Å². The highest BCUT2D eigenvalue weighted by Crippen LogP contribution is 2.34. The van der Waals surface area contributed by atoms with Crippen molar-refractivity contribution in [3.63, 3.8) is 0 Å². The van der Waals surface area contributed by atoms with Crippen molar-refractivity contribution in [3.8, 4) is 0 Å². The van der Waals surface area contributed by atoms with E-state index in [0.29, 0.717) is 24.0 Å². The Morgan fingerprint density at radius 1 is 1.16 bits per heavy atom. The Morgan fingerprint density at radius 3 is 2.26 bits per heavy atom. The molecule has 0 fully saturated rings. The Morgan fingerprint density at radius 2 is 1.74 bits per heavy atom. The molecule has 0 aromatic heterocycles. The van der Waals surface area contributed by atoms with Crippen molar-refractivity contribution >= 4 is 27.7 Å². The molecule has 1 heterocycles. The largest absolute Gasteiger partial charge is 0.328 e. The Labute approximate surface area is 121 Å². The molecule has 1 aliphatic rings. The van der Waals surface area contributed by atoms with Gasteiger partial charge in [0.25, 0.3) is 11.8 Å². The van der Waals surface area contributed by atoms with Gasteiger partial charge >= 0.3 is 0 Å². The van der Waals surface area contributed by atoms with Crippen LogP contribution < -0.4 is 5.73 Å². The lowest BCUT2D eigenvalue weighted by atomic mass is 9.90. The number of nitrogens with two attached hydrogens (primary N) is 1. The molecule has 0 spiro atoms. The standard InChI is InChI=1S/C14H17BrN2O2/c1-3-14(4-2,8-16)17-12(18)10-6-5-9(15)7-11(10)13(17)19/h5-7H,3-4,8,16H2,1-2H3. The summed E-state index contributed by atoms with van der Waals surface area (Å²) in [6.07, 6.45) is 1.32. The molecule has 0 atom stereocenters. The molecule has 1 aromatic carbocycles. The van der Waals surface area contributed by atoms with Crippen molar-refractivity contribution < 1.29 is 9.59 Å². The Bertz CT molecular complexity index is 530. The molecule has 0 radical (unpaired) electrons. The third-order valence-electron chi connectivity index (χ3n) is 4.02. The number of carbonyl (C=O) groups is 2. The van der Waals surface area contributed by atoms with Gasteiger partial charge in [-0.05, 0) is 31.0 Å². The van der Waals surface area contributed by atoms with Gasteiger partial charge in [-0.3, -0.25) is 14.5 Å². The zero-order chi connectivity index (χ0) is 14.2. The van der Waals surface area contributed by atoms with Crippen LogP contribution in [0, 0.1) is 0 Å². The highest BCUT2D eigenvalue weighted by molar-refractivity contribution is 9.10. The first kappa shape index (κ1) is 14.2. The van der Waals surface area contributed by atoms with E-state index in [4.69, 9.17) is 5.73 Å². The molecule has 0 saturated heterocycles. The monoisotopic (exact) mass is 324 g/mol. The number of benzene rings is 1. The molecule has 2 N–H and O–H groups in total. The molecule has 1 aliphatic heterocycles. The number of carbonyl (C=O) groups excluding carboxylic acids is 2. The summed E-state index contributed by atoms with van der Waals surface area (Å²) in [4.78, 5) is 26.3. The molecular weight excluding hydrogens is 308 g/mol. The topological polar surface area (TPSA) is 63.4 Å². The number of hydrogen-bond donors (Lipinski definition) is 1. The Balaban J connectivity index is 2.53. The first-order chi connectivity index (χ1) is 9.00. The van der Waals surface area contributed by atoms with Crippen LogP contribution in [0.25, 0.3) is 0 Å². The molecule has 0 saturated carbocycles. The lowest BCUT2D eigenvalue weighted by Crippen LogP contribution is -2.55. The first-order valence-corrected chi connectivity index (χ1v) is 7.18. The van der Waals surface area contributed by atoms with Gasteiger partial charge in [-0.2, -0.15) is 0 Å². The second-order valence-electron chi connectivity index (χ2n) is 4.77. The Kier molecular flexibility index (Phi) is 3.78. The van der Waals surface area contributed by atoms with Gasteiger partial charge in [-0.1, -0.05) is 29.8 Å². The number of nitrogens with zero attached hydrogens (tertiary/aromatic N) is 1. The fraction of sp³-hybridized carbons (Fsp3) is 0.429. The van der Waals surface area contributed by atoms with E-state index in [1.165, 1.54) is 4.90 Å². The average molecular weight is 325 g/mol. The van der Waals surface area contributed by atoms with Crippen LogP contribution in [-0.2, 0) is 0 Å². The molecule has 0 bridgehead atoms. The molecule has 102 valence electrons. The zero-order valence-corrected chi connectivity index (χ0v) is 12.7. The van der Waals surface area contributed by atoms with E-state index in [0.717, 1.165) is 4.47 Å². The smallest absolute Gasteiger partial charge is 0.262 e. The van der Waals surface area contributed by atoms with Crippen LogP contribution in [0.1, 0.15) is 47.4 Å². The summed E-state index contributed by atoms with van der Waals surface area (Å²) in [7, 11) is 0. The third-order valence-corrected chi connectivity index (χ3v) is 4.51. The second kappa shape index (κ2) is 5.06. The van der Waals surface area contributed by atoms with Gasteiger partial charge in [0.05, 0.1) is 16.7 Å². The molecule has 2 amide bonds. The van der Waals surface area contributed by atoms with Crippen LogP contribution in [-0.4, -0.2) is 28.8 Å². The summed E-state index contributed by atoms with van der Waals surface area (Å²) in [6, 6.07) is 5.16. The number of hydrogen-bond acceptors (Lipinski definition) is 3. The van der Waals surface area contributed by atoms with E-state index in [2.05, 4.69) is 15.9 Å². The Hall–Kier alpha value is -1.20. The van der Waals surface area contributed by atoms with Crippen molar-refractivity contribution in [2.45, 2.75) is 32.2 Å². The predicted molar refractivity (Wildman–Crippen MR) is 77.0 cm³/mol. The van der Waals surface area contributed by atoms with E-state index in [1.807, 2.05) is 13.8 Å². The fourth-order valence-corrected chi connectivity index (χ4v) is 2.95. The van der Waals surface area contributed by atoms with Gasteiger partial charge in [-0.15, -0.1) is 0 Å².